The molecule has 0 aromatic heterocycles. The fourth-order valence-corrected chi connectivity index (χ4v) is 1.91. The third-order valence-corrected chi connectivity index (χ3v) is 2.61. The third kappa shape index (κ3) is 1.43. The molecule has 0 saturated carbocycles. The maximum Gasteiger partial charge on any atom is 0.0669 e. The minimum atomic E-state index is 0.214. The van der Waals surface area contributed by atoms with Crippen molar-refractivity contribution in [1.82, 2.24) is 0 Å². The Hall–Kier alpha value is -1.33. The van der Waals surface area contributed by atoms with Crippen LogP contribution in [0.25, 0.3) is 0 Å². The van der Waals surface area contributed by atoms with Gasteiger partial charge in [-0.3, -0.25) is 0 Å². The maximum absolute atomic E-state index is 8.55. The van der Waals surface area contributed by atoms with Crippen molar-refractivity contribution < 1.29 is 0 Å². The summed E-state index contributed by atoms with van der Waals surface area (Å²) < 4.78 is 0. The standard InChI is InChI=1S/C11H12N2/c12-6-5-8-1-3-10-9(7-8)2-4-11(10)13/h1,3,7,11H,2,4-5,13H2/t11-/m0/s1. The molecule has 13 heavy (non-hydrogen) atoms. The number of fused-ring (bicyclic) bond motifs is 1. The highest BCUT2D eigenvalue weighted by Gasteiger charge is 2.18. The van der Waals surface area contributed by atoms with Gasteiger partial charge in [-0.25, -0.2) is 0 Å². The molecule has 0 saturated heterocycles. The molecule has 0 unspecified atom stereocenters. The van der Waals surface area contributed by atoms with Gasteiger partial charge in [0.15, 0.2) is 0 Å². The zero-order valence-electron chi connectivity index (χ0n) is 7.46. The molecule has 1 aliphatic carbocycles. The number of nitriles is 1. The highest BCUT2D eigenvalue weighted by molar-refractivity contribution is 5.38. The van der Waals surface area contributed by atoms with Crippen molar-refractivity contribution >= 4 is 0 Å². The smallest absolute Gasteiger partial charge is 0.0669 e. The lowest BCUT2D eigenvalue weighted by atomic mass is 10.0. The van der Waals surface area contributed by atoms with Crippen LogP contribution in [0, 0.1) is 11.3 Å². The van der Waals surface area contributed by atoms with E-state index in [2.05, 4.69) is 18.2 Å². The molecule has 1 aromatic carbocycles. The Bertz CT molecular complexity index is 363. The number of nitrogens with two attached hydrogens (primary N) is 1. The topological polar surface area (TPSA) is 49.8 Å². The van der Waals surface area contributed by atoms with Crippen LogP contribution >= 0.6 is 0 Å². The zero-order valence-corrected chi connectivity index (χ0v) is 7.46. The number of rotatable bonds is 1. The number of benzene rings is 1. The third-order valence-electron chi connectivity index (χ3n) is 2.61. The van der Waals surface area contributed by atoms with E-state index in [9.17, 15) is 0 Å². The Morgan fingerprint density at radius 1 is 1.54 bits per heavy atom. The van der Waals surface area contributed by atoms with Gasteiger partial charge in [0.1, 0.15) is 0 Å². The number of hydrogen-bond acceptors (Lipinski definition) is 2. The lowest BCUT2D eigenvalue weighted by Gasteiger charge is -2.04. The Kier molecular flexibility index (Phi) is 2.03. The van der Waals surface area contributed by atoms with Crippen molar-refractivity contribution in [2.75, 3.05) is 0 Å². The van der Waals surface area contributed by atoms with Crippen LogP contribution in [0.3, 0.4) is 0 Å². The number of hydrogen-bond donors (Lipinski definition) is 1. The molecule has 2 rings (SSSR count). The zero-order chi connectivity index (χ0) is 9.26. The van der Waals surface area contributed by atoms with E-state index in [0.29, 0.717) is 6.42 Å². The maximum atomic E-state index is 8.55. The normalized spacial score (nSPS) is 19.5. The second-order valence-corrected chi connectivity index (χ2v) is 3.51. The van der Waals surface area contributed by atoms with Gasteiger partial charge in [0, 0.05) is 6.04 Å². The van der Waals surface area contributed by atoms with Crippen LogP contribution < -0.4 is 5.73 Å². The van der Waals surface area contributed by atoms with E-state index in [1.807, 2.05) is 6.07 Å². The second-order valence-electron chi connectivity index (χ2n) is 3.51. The molecular weight excluding hydrogens is 160 g/mol. The van der Waals surface area contributed by atoms with Crippen LogP contribution in [0.5, 0.6) is 0 Å². The molecule has 66 valence electrons. The number of aryl methyl sites for hydroxylation is 1. The van der Waals surface area contributed by atoms with Crippen molar-refractivity contribution in [3.05, 3.63) is 34.9 Å². The lowest BCUT2D eigenvalue weighted by molar-refractivity contribution is 0.713. The second kappa shape index (κ2) is 3.20. The first-order valence-corrected chi connectivity index (χ1v) is 4.55. The summed E-state index contributed by atoms with van der Waals surface area (Å²) in [5.41, 5.74) is 9.61. The van der Waals surface area contributed by atoms with Crippen molar-refractivity contribution in [3.8, 4) is 6.07 Å². The molecule has 2 heteroatoms. The van der Waals surface area contributed by atoms with Gasteiger partial charge in [0.2, 0.25) is 0 Å². The Labute approximate surface area is 78.0 Å². The van der Waals surface area contributed by atoms with E-state index in [0.717, 1.165) is 18.4 Å². The van der Waals surface area contributed by atoms with E-state index < -0.39 is 0 Å². The summed E-state index contributed by atoms with van der Waals surface area (Å²) in [7, 11) is 0. The van der Waals surface area contributed by atoms with Crippen LogP contribution in [0.15, 0.2) is 18.2 Å². The van der Waals surface area contributed by atoms with Crippen molar-refractivity contribution in [3.63, 3.8) is 0 Å². The van der Waals surface area contributed by atoms with Gasteiger partial charge in [0.05, 0.1) is 12.5 Å². The largest absolute Gasteiger partial charge is 0.324 e. The molecule has 0 spiro atoms. The fourth-order valence-electron chi connectivity index (χ4n) is 1.91. The minimum Gasteiger partial charge on any atom is -0.324 e. The monoisotopic (exact) mass is 172 g/mol. The van der Waals surface area contributed by atoms with E-state index in [-0.39, 0.29) is 6.04 Å². The van der Waals surface area contributed by atoms with Crippen molar-refractivity contribution in [1.29, 1.82) is 5.26 Å². The first-order valence-electron chi connectivity index (χ1n) is 4.55. The predicted molar refractivity (Wildman–Crippen MR) is 51.0 cm³/mol. The first-order chi connectivity index (χ1) is 6.31. The van der Waals surface area contributed by atoms with E-state index >= 15 is 0 Å². The Balaban J connectivity index is 2.35. The molecule has 2 N–H and O–H groups in total. The van der Waals surface area contributed by atoms with Crippen LogP contribution in [-0.2, 0) is 12.8 Å². The van der Waals surface area contributed by atoms with Gasteiger partial charge in [-0.1, -0.05) is 18.2 Å². The molecule has 0 aliphatic heterocycles. The van der Waals surface area contributed by atoms with Gasteiger partial charge < -0.3 is 5.73 Å². The molecule has 1 aromatic rings. The summed E-state index contributed by atoms with van der Waals surface area (Å²) in [6.45, 7) is 0. The fraction of sp³-hybridized carbons (Fsp3) is 0.364. The molecule has 0 radical (unpaired) electrons. The summed E-state index contributed by atoms with van der Waals surface area (Å²) in [6, 6.07) is 8.56. The summed E-state index contributed by atoms with van der Waals surface area (Å²) in [4.78, 5) is 0. The molecule has 2 nitrogen and oxygen atoms in total. The van der Waals surface area contributed by atoms with Crippen LogP contribution in [0.4, 0.5) is 0 Å². The summed E-state index contributed by atoms with van der Waals surface area (Å²) >= 11 is 0. The summed E-state index contributed by atoms with van der Waals surface area (Å²) in [5, 5.41) is 8.55. The van der Waals surface area contributed by atoms with E-state index in [4.69, 9.17) is 11.0 Å². The molecule has 0 fully saturated rings. The highest BCUT2D eigenvalue weighted by atomic mass is 14.6. The average molecular weight is 172 g/mol. The highest BCUT2D eigenvalue weighted by Crippen LogP contribution is 2.29. The summed E-state index contributed by atoms with van der Waals surface area (Å²) in [5.74, 6) is 0. The van der Waals surface area contributed by atoms with E-state index in [1.165, 1.54) is 11.1 Å². The summed E-state index contributed by atoms with van der Waals surface area (Å²) in [6.07, 6.45) is 2.61. The quantitative estimate of drug-likeness (QED) is 0.700. The van der Waals surface area contributed by atoms with E-state index in [1.54, 1.807) is 0 Å². The molecule has 0 amide bonds. The Morgan fingerprint density at radius 3 is 3.15 bits per heavy atom. The van der Waals surface area contributed by atoms with Crippen molar-refractivity contribution in [2.45, 2.75) is 25.3 Å². The van der Waals surface area contributed by atoms with Gasteiger partial charge in [-0.15, -0.1) is 0 Å². The minimum absolute atomic E-state index is 0.214. The molecular formula is C11H12N2. The van der Waals surface area contributed by atoms with Gasteiger partial charge in [-0.2, -0.15) is 5.26 Å². The SMILES string of the molecule is N#CCc1ccc2c(c1)CC[C@@H]2N. The molecule has 1 atom stereocenters. The van der Waals surface area contributed by atoms with Crippen molar-refractivity contribution in [2.24, 2.45) is 5.73 Å². The van der Waals surface area contributed by atoms with Crippen LogP contribution in [0.2, 0.25) is 0 Å². The van der Waals surface area contributed by atoms with Gasteiger partial charge in [-0.05, 0) is 29.5 Å². The van der Waals surface area contributed by atoms with Gasteiger partial charge in [0.25, 0.3) is 0 Å². The van der Waals surface area contributed by atoms with Crippen LogP contribution in [-0.4, -0.2) is 0 Å². The molecule has 1 aliphatic rings. The van der Waals surface area contributed by atoms with Gasteiger partial charge >= 0.3 is 0 Å². The molecule has 0 bridgehead atoms. The van der Waals surface area contributed by atoms with Crippen LogP contribution in [0.1, 0.15) is 29.2 Å². The first kappa shape index (κ1) is 8.28. The number of nitrogens with zero attached hydrogens (tertiary/aromatic N) is 1. The Morgan fingerprint density at radius 2 is 2.38 bits per heavy atom. The average Bonchev–Trinajstić information content (AvgIpc) is 2.48. The lowest BCUT2D eigenvalue weighted by Crippen LogP contribution is -2.04. The molecule has 0 heterocycles. The predicted octanol–water partition coefficient (Wildman–Crippen LogP) is 1.70.